The van der Waals surface area contributed by atoms with Crippen molar-refractivity contribution in [1.82, 2.24) is 14.9 Å². The number of nitrogens with zero attached hydrogens (tertiary/aromatic N) is 2. The van der Waals surface area contributed by atoms with E-state index in [4.69, 9.17) is 5.73 Å². The summed E-state index contributed by atoms with van der Waals surface area (Å²) in [6, 6.07) is 13.2. The third-order valence-electron chi connectivity index (χ3n) is 6.84. The Morgan fingerprint density at radius 1 is 1.06 bits per heavy atom. The minimum absolute atomic E-state index is 0.153. The van der Waals surface area contributed by atoms with Crippen LogP contribution in [0.5, 0.6) is 0 Å². The Bertz CT molecular complexity index is 1160. The summed E-state index contributed by atoms with van der Waals surface area (Å²) in [6.45, 7) is 2.19. The van der Waals surface area contributed by atoms with E-state index in [1.165, 1.54) is 49.7 Å². The van der Waals surface area contributed by atoms with Crippen LogP contribution in [0.3, 0.4) is 0 Å². The molecule has 3 aromatic rings. The van der Waals surface area contributed by atoms with Crippen molar-refractivity contribution < 1.29 is 0 Å². The summed E-state index contributed by atoms with van der Waals surface area (Å²) < 4.78 is 2.95. The molecule has 2 fully saturated rings. The predicted octanol–water partition coefficient (Wildman–Crippen LogP) is 4.41. The minimum atomic E-state index is -0.153. The van der Waals surface area contributed by atoms with E-state index < -0.39 is 0 Å². The van der Waals surface area contributed by atoms with Crippen LogP contribution in [0.25, 0.3) is 16.6 Å². The fourth-order valence-electron chi connectivity index (χ4n) is 5.16. The van der Waals surface area contributed by atoms with Gasteiger partial charge >= 0.3 is 0 Å². The van der Waals surface area contributed by atoms with E-state index >= 15 is 0 Å². The number of hydrogen-bond acceptors (Lipinski definition) is 4. The van der Waals surface area contributed by atoms with Gasteiger partial charge in [0.15, 0.2) is 0 Å². The summed E-state index contributed by atoms with van der Waals surface area (Å²) in [5.74, 6) is 1.47. The Hall–Kier alpha value is -2.02. The molecule has 0 bridgehead atoms. The fourth-order valence-corrected chi connectivity index (χ4v) is 5.69. The smallest absolute Gasteiger partial charge is 0.281 e. The largest absolute Gasteiger partial charge is 0.328 e. The van der Waals surface area contributed by atoms with Crippen LogP contribution in [-0.4, -0.2) is 28.7 Å². The molecular weight excluding hydrogens is 452 g/mol. The number of rotatable bonds is 1. The van der Waals surface area contributed by atoms with E-state index in [9.17, 15) is 4.79 Å². The van der Waals surface area contributed by atoms with Gasteiger partial charge in [0.25, 0.3) is 5.56 Å². The lowest BCUT2D eigenvalue weighted by atomic mass is 9.89. The molecule has 0 radical (unpaired) electrons. The standard InChI is InChI=1S/C20H18BrN3O.C5H11N/c21-15-2-1-3-17-19(15)20(25)23-18-11-14-10-13(4-5-16(14)24(17)18)12-6-8-22-9-7-12;6-5-3-1-2-4-5/h1-5,10,12,22H,6-9,11H2;5H,1-4,6H2. The van der Waals surface area contributed by atoms with E-state index in [2.05, 4.69) is 49.0 Å². The Morgan fingerprint density at radius 3 is 2.55 bits per heavy atom. The van der Waals surface area contributed by atoms with Gasteiger partial charge in [-0.1, -0.05) is 31.0 Å². The molecule has 1 aliphatic carbocycles. The van der Waals surface area contributed by atoms with Crippen molar-refractivity contribution in [3.63, 3.8) is 0 Å². The number of fused-ring (bicyclic) bond motifs is 5. The van der Waals surface area contributed by atoms with Crippen molar-refractivity contribution in [3.8, 4) is 5.69 Å². The van der Waals surface area contributed by atoms with Gasteiger partial charge in [0.1, 0.15) is 5.82 Å². The number of aromatic nitrogens is 2. The monoisotopic (exact) mass is 480 g/mol. The Balaban J connectivity index is 0.000000296. The summed E-state index contributed by atoms with van der Waals surface area (Å²) in [5.41, 5.74) is 10.2. The molecule has 6 rings (SSSR count). The highest BCUT2D eigenvalue weighted by atomic mass is 79.9. The average Bonchev–Trinajstić information content (AvgIpc) is 3.40. The van der Waals surface area contributed by atoms with Gasteiger partial charge in [0, 0.05) is 16.9 Å². The molecule has 2 aliphatic heterocycles. The van der Waals surface area contributed by atoms with E-state index in [1.54, 1.807) is 0 Å². The first kappa shape index (κ1) is 20.9. The highest BCUT2D eigenvalue weighted by Crippen LogP contribution is 2.34. The van der Waals surface area contributed by atoms with E-state index in [0.717, 1.165) is 41.0 Å². The summed E-state index contributed by atoms with van der Waals surface area (Å²) in [7, 11) is 0. The number of nitrogens with two attached hydrogens (primary N) is 1. The highest BCUT2D eigenvalue weighted by molar-refractivity contribution is 9.10. The lowest BCUT2D eigenvalue weighted by Crippen LogP contribution is -2.26. The van der Waals surface area contributed by atoms with Gasteiger partial charge in [-0.3, -0.25) is 9.36 Å². The number of nitrogens with one attached hydrogen (secondary N) is 1. The molecule has 0 spiro atoms. The number of hydrogen-bond donors (Lipinski definition) is 2. The van der Waals surface area contributed by atoms with E-state index in [0.29, 0.717) is 17.3 Å². The second-order valence-corrected chi connectivity index (χ2v) is 9.79. The van der Waals surface area contributed by atoms with Crippen LogP contribution in [0.4, 0.5) is 0 Å². The zero-order valence-electron chi connectivity index (χ0n) is 17.7. The molecule has 0 amide bonds. The molecule has 3 aliphatic rings. The van der Waals surface area contributed by atoms with Crippen molar-refractivity contribution in [2.45, 2.75) is 56.9 Å². The van der Waals surface area contributed by atoms with Crippen LogP contribution in [0.15, 0.2) is 45.7 Å². The van der Waals surface area contributed by atoms with Gasteiger partial charge in [-0.25, -0.2) is 0 Å². The van der Waals surface area contributed by atoms with Crippen LogP contribution in [-0.2, 0) is 6.42 Å². The van der Waals surface area contributed by atoms with Crippen molar-refractivity contribution in [2.75, 3.05) is 13.1 Å². The Kier molecular flexibility index (Phi) is 5.95. The molecule has 162 valence electrons. The highest BCUT2D eigenvalue weighted by Gasteiger charge is 2.24. The first-order valence-electron chi connectivity index (χ1n) is 11.4. The molecule has 3 heterocycles. The van der Waals surface area contributed by atoms with Gasteiger partial charge in [0.2, 0.25) is 0 Å². The molecule has 1 aromatic heterocycles. The molecule has 31 heavy (non-hydrogen) atoms. The van der Waals surface area contributed by atoms with Crippen molar-refractivity contribution in [3.05, 3.63) is 68.2 Å². The topological polar surface area (TPSA) is 72.9 Å². The molecule has 2 aromatic carbocycles. The first-order valence-corrected chi connectivity index (χ1v) is 12.2. The number of benzene rings is 2. The van der Waals surface area contributed by atoms with Gasteiger partial charge in [-0.05, 0) is 89.9 Å². The summed E-state index contributed by atoms with van der Waals surface area (Å²) in [4.78, 5) is 16.8. The lowest BCUT2D eigenvalue weighted by Gasteiger charge is -2.23. The minimum Gasteiger partial charge on any atom is -0.328 e. The SMILES string of the molecule is NC1CCCC1.O=c1nc2n(c3cccc(Br)c13)-c1ccc(C3CCNCC3)cc1C2. The number of halogens is 1. The van der Waals surface area contributed by atoms with Crippen LogP contribution in [0.1, 0.15) is 61.4 Å². The van der Waals surface area contributed by atoms with E-state index in [1.807, 2.05) is 18.2 Å². The average molecular weight is 481 g/mol. The zero-order valence-corrected chi connectivity index (χ0v) is 19.3. The quantitative estimate of drug-likeness (QED) is 0.423. The molecule has 0 unspecified atom stereocenters. The molecule has 1 saturated heterocycles. The fraction of sp³-hybridized carbons (Fsp3) is 0.440. The van der Waals surface area contributed by atoms with Crippen molar-refractivity contribution in [1.29, 1.82) is 0 Å². The summed E-state index contributed by atoms with van der Waals surface area (Å²) in [5, 5.41) is 4.08. The third kappa shape index (κ3) is 4.09. The van der Waals surface area contributed by atoms with Crippen molar-refractivity contribution in [2.24, 2.45) is 5.73 Å². The Labute approximate surface area is 191 Å². The van der Waals surface area contributed by atoms with Crippen molar-refractivity contribution >= 4 is 26.8 Å². The molecule has 3 N–H and O–H groups in total. The molecule has 0 atom stereocenters. The second-order valence-electron chi connectivity index (χ2n) is 8.94. The van der Waals surface area contributed by atoms with Crippen LogP contribution < -0.4 is 16.6 Å². The Morgan fingerprint density at radius 2 is 1.84 bits per heavy atom. The maximum atomic E-state index is 12.5. The first-order chi connectivity index (χ1) is 15.1. The van der Waals surface area contributed by atoms with Gasteiger partial charge in [-0.15, -0.1) is 0 Å². The van der Waals surface area contributed by atoms with Crippen LogP contribution >= 0.6 is 15.9 Å². The van der Waals surface area contributed by atoms with Gasteiger partial charge in [0.05, 0.1) is 16.6 Å². The van der Waals surface area contributed by atoms with Crippen LogP contribution in [0, 0.1) is 0 Å². The predicted molar refractivity (Wildman–Crippen MR) is 129 cm³/mol. The second kappa shape index (κ2) is 8.85. The maximum absolute atomic E-state index is 12.5. The normalized spacial score (nSPS) is 18.5. The maximum Gasteiger partial charge on any atom is 0.281 e. The molecule has 1 saturated carbocycles. The lowest BCUT2D eigenvalue weighted by molar-refractivity contribution is 0.460. The summed E-state index contributed by atoms with van der Waals surface area (Å²) in [6.07, 6.45) is 8.36. The third-order valence-corrected chi connectivity index (χ3v) is 7.50. The molecule has 6 heteroatoms. The van der Waals surface area contributed by atoms with E-state index in [-0.39, 0.29) is 5.56 Å². The van der Waals surface area contributed by atoms with Gasteiger partial charge in [-0.2, -0.15) is 4.98 Å². The zero-order chi connectivity index (χ0) is 21.4. The number of piperidine rings is 1. The van der Waals surface area contributed by atoms with Gasteiger partial charge < -0.3 is 11.1 Å². The molecular formula is C25H29BrN4O. The summed E-state index contributed by atoms with van der Waals surface area (Å²) >= 11 is 3.50. The molecule has 5 nitrogen and oxygen atoms in total. The van der Waals surface area contributed by atoms with Crippen LogP contribution in [0.2, 0.25) is 0 Å².